The lowest BCUT2D eigenvalue weighted by Gasteiger charge is -2.12. The SMILES string of the molecule is COc1ccc(OC)c(NC(=O)COC(=O)COc2ccc(C#N)cc2)c1. The van der Waals surface area contributed by atoms with Crippen LogP contribution < -0.4 is 19.5 Å². The van der Waals surface area contributed by atoms with Gasteiger partial charge in [-0.05, 0) is 36.4 Å². The molecule has 0 spiro atoms. The number of benzene rings is 2. The van der Waals surface area contributed by atoms with Crippen LogP contribution in [-0.4, -0.2) is 39.3 Å². The summed E-state index contributed by atoms with van der Waals surface area (Å²) in [6, 6.07) is 13.2. The molecule has 0 radical (unpaired) electrons. The van der Waals surface area contributed by atoms with Gasteiger partial charge in [-0.2, -0.15) is 5.26 Å². The van der Waals surface area contributed by atoms with Gasteiger partial charge in [-0.3, -0.25) is 4.79 Å². The molecule has 2 aromatic rings. The average molecular weight is 370 g/mol. The van der Waals surface area contributed by atoms with Crippen LogP contribution in [0.1, 0.15) is 5.56 Å². The van der Waals surface area contributed by atoms with Crippen molar-refractivity contribution in [2.45, 2.75) is 0 Å². The van der Waals surface area contributed by atoms with E-state index in [1.54, 1.807) is 42.5 Å². The van der Waals surface area contributed by atoms with Gasteiger partial charge in [-0.25, -0.2) is 4.79 Å². The minimum atomic E-state index is -0.702. The zero-order valence-corrected chi connectivity index (χ0v) is 14.9. The highest BCUT2D eigenvalue weighted by Gasteiger charge is 2.12. The van der Waals surface area contributed by atoms with E-state index in [0.717, 1.165) is 0 Å². The van der Waals surface area contributed by atoms with Gasteiger partial charge >= 0.3 is 5.97 Å². The van der Waals surface area contributed by atoms with Crippen molar-refractivity contribution < 1.29 is 28.5 Å². The molecule has 140 valence electrons. The van der Waals surface area contributed by atoms with Crippen LogP contribution in [0.5, 0.6) is 17.2 Å². The van der Waals surface area contributed by atoms with Crippen molar-refractivity contribution in [3.63, 3.8) is 0 Å². The van der Waals surface area contributed by atoms with Crippen LogP contribution in [0.25, 0.3) is 0 Å². The summed E-state index contributed by atoms with van der Waals surface area (Å²) in [5, 5.41) is 11.3. The van der Waals surface area contributed by atoms with Gasteiger partial charge in [0.25, 0.3) is 5.91 Å². The topological polar surface area (TPSA) is 107 Å². The lowest BCUT2D eigenvalue weighted by molar-refractivity contribution is -0.149. The van der Waals surface area contributed by atoms with Crippen LogP contribution >= 0.6 is 0 Å². The Morgan fingerprint density at radius 3 is 2.33 bits per heavy atom. The van der Waals surface area contributed by atoms with Gasteiger partial charge in [-0.15, -0.1) is 0 Å². The molecule has 0 fully saturated rings. The Morgan fingerprint density at radius 1 is 1.00 bits per heavy atom. The summed E-state index contributed by atoms with van der Waals surface area (Å²) in [6.45, 7) is -0.836. The number of ether oxygens (including phenoxy) is 4. The highest BCUT2D eigenvalue weighted by molar-refractivity contribution is 5.94. The molecule has 0 unspecified atom stereocenters. The molecular weight excluding hydrogens is 352 g/mol. The summed E-state index contributed by atoms with van der Waals surface area (Å²) >= 11 is 0. The molecular formula is C19H18N2O6. The van der Waals surface area contributed by atoms with E-state index in [4.69, 9.17) is 24.2 Å². The highest BCUT2D eigenvalue weighted by Crippen LogP contribution is 2.28. The molecule has 2 aromatic carbocycles. The zero-order chi connectivity index (χ0) is 19.6. The Morgan fingerprint density at radius 2 is 1.70 bits per heavy atom. The van der Waals surface area contributed by atoms with Gasteiger partial charge in [0.15, 0.2) is 13.2 Å². The fourth-order valence-electron chi connectivity index (χ4n) is 2.05. The number of carbonyl (C=O) groups is 2. The predicted octanol–water partition coefficient (Wildman–Crippen LogP) is 2.14. The van der Waals surface area contributed by atoms with Crippen LogP contribution in [0.4, 0.5) is 5.69 Å². The van der Waals surface area contributed by atoms with Gasteiger partial charge in [0, 0.05) is 6.07 Å². The first-order valence-corrected chi connectivity index (χ1v) is 7.86. The van der Waals surface area contributed by atoms with Gasteiger partial charge in [0.2, 0.25) is 0 Å². The first-order chi connectivity index (χ1) is 13.0. The predicted molar refractivity (Wildman–Crippen MR) is 95.8 cm³/mol. The van der Waals surface area contributed by atoms with Crippen LogP contribution in [0, 0.1) is 11.3 Å². The summed E-state index contributed by atoms with van der Waals surface area (Å²) < 4.78 is 20.4. The molecule has 1 N–H and O–H groups in total. The maximum atomic E-state index is 12.0. The summed E-state index contributed by atoms with van der Waals surface area (Å²) in [6.07, 6.45) is 0. The summed E-state index contributed by atoms with van der Waals surface area (Å²) in [5.74, 6) is 0.162. The smallest absolute Gasteiger partial charge is 0.344 e. The summed E-state index contributed by atoms with van der Waals surface area (Å²) in [5.41, 5.74) is 0.876. The van der Waals surface area contributed by atoms with E-state index in [-0.39, 0.29) is 6.61 Å². The number of hydrogen-bond acceptors (Lipinski definition) is 7. The Hall–Kier alpha value is -3.73. The fourth-order valence-corrected chi connectivity index (χ4v) is 2.05. The Kier molecular flexibility index (Phi) is 7.02. The normalized spacial score (nSPS) is 9.67. The monoisotopic (exact) mass is 370 g/mol. The number of amides is 1. The van der Waals surface area contributed by atoms with Crippen molar-refractivity contribution in [2.75, 3.05) is 32.8 Å². The number of nitriles is 1. The van der Waals surface area contributed by atoms with Crippen LogP contribution in [0.2, 0.25) is 0 Å². The van der Waals surface area contributed by atoms with Crippen LogP contribution in [0.15, 0.2) is 42.5 Å². The quantitative estimate of drug-likeness (QED) is 0.709. The molecule has 0 bridgehead atoms. The van der Waals surface area contributed by atoms with Crippen molar-refractivity contribution in [3.05, 3.63) is 48.0 Å². The molecule has 0 heterocycles. The van der Waals surface area contributed by atoms with E-state index < -0.39 is 18.5 Å². The highest BCUT2D eigenvalue weighted by atomic mass is 16.6. The molecule has 0 aliphatic rings. The van der Waals surface area contributed by atoms with Gasteiger partial charge < -0.3 is 24.3 Å². The third-order valence-electron chi connectivity index (χ3n) is 3.39. The average Bonchev–Trinajstić information content (AvgIpc) is 2.71. The Balaban J connectivity index is 1.81. The first kappa shape index (κ1) is 19.6. The molecule has 2 rings (SSSR count). The lowest BCUT2D eigenvalue weighted by atomic mass is 10.2. The number of esters is 1. The second-order valence-electron chi connectivity index (χ2n) is 5.20. The second kappa shape index (κ2) is 9.68. The maximum Gasteiger partial charge on any atom is 0.344 e. The van der Waals surface area contributed by atoms with Crippen molar-refractivity contribution in [3.8, 4) is 23.3 Å². The Bertz CT molecular complexity index is 842. The van der Waals surface area contributed by atoms with Gasteiger partial charge in [0.05, 0.1) is 31.5 Å². The summed E-state index contributed by atoms with van der Waals surface area (Å²) in [7, 11) is 2.97. The molecule has 0 saturated carbocycles. The Labute approximate surface area is 156 Å². The van der Waals surface area contributed by atoms with Gasteiger partial charge in [-0.1, -0.05) is 0 Å². The van der Waals surface area contributed by atoms with E-state index >= 15 is 0 Å². The van der Waals surface area contributed by atoms with E-state index in [2.05, 4.69) is 5.32 Å². The molecule has 0 aromatic heterocycles. The van der Waals surface area contributed by atoms with Crippen molar-refractivity contribution in [1.82, 2.24) is 0 Å². The lowest BCUT2D eigenvalue weighted by Crippen LogP contribution is -2.23. The van der Waals surface area contributed by atoms with Crippen molar-refractivity contribution >= 4 is 17.6 Å². The molecule has 0 atom stereocenters. The number of nitrogens with zero attached hydrogens (tertiary/aromatic N) is 1. The third kappa shape index (κ3) is 5.93. The van der Waals surface area contributed by atoms with E-state index in [1.807, 2.05) is 6.07 Å². The molecule has 0 aliphatic heterocycles. The number of hydrogen-bond donors (Lipinski definition) is 1. The van der Waals surface area contributed by atoms with Crippen LogP contribution in [0.3, 0.4) is 0 Å². The number of rotatable bonds is 8. The second-order valence-corrected chi connectivity index (χ2v) is 5.20. The number of methoxy groups -OCH3 is 2. The molecule has 0 saturated heterocycles. The zero-order valence-electron chi connectivity index (χ0n) is 14.9. The van der Waals surface area contributed by atoms with E-state index in [9.17, 15) is 9.59 Å². The number of anilines is 1. The van der Waals surface area contributed by atoms with E-state index in [1.165, 1.54) is 14.2 Å². The minimum absolute atomic E-state index is 0.359. The largest absolute Gasteiger partial charge is 0.497 e. The molecule has 0 aliphatic carbocycles. The van der Waals surface area contributed by atoms with Gasteiger partial charge in [0.1, 0.15) is 17.2 Å². The summed E-state index contributed by atoms with van der Waals surface area (Å²) in [4.78, 5) is 23.7. The molecule has 8 nitrogen and oxygen atoms in total. The van der Waals surface area contributed by atoms with Crippen LogP contribution in [-0.2, 0) is 14.3 Å². The number of nitrogens with one attached hydrogen (secondary N) is 1. The maximum absolute atomic E-state index is 12.0. The molecule has 8 heteroatoms. The van der Waals surface area contributed by atoms with E-state index in [0.29, 0.717) is 28.5 Å². The van der Waals surface area contributed by atoms with Crippen molar-refractivity contribution in [1.29, 1.82) is 5.26 Å². The fraction of sp³-hybridized carbons (Fsp3) is 0.211. The third-order valence-corrected chi connectivity index (χ3v) is 3.39. The standard InChI is InChI=1S/C19H18N2O6/c1-24-15-7-8-17(25-2)16(9-15)21-18(22)11-27-19(23)12-26-14-5-3-13(10-20)4-6-14/h3-9H,11-12H2,1-2H3,(H,21,22). The van der Waals surface area contributed by atoms with Crippen molar-refractivity contribution in [2.24, 2.45) is 0 Å². The first-order valence-electron chi connectivity index (χ1n) is 7.86. The number of carbonyl (C=O) groups excluding carboxylic acids is 2. The molecule has 27 heavy (non-hydrogen) atoms. The molecule has 1 amide bonds. The minimum Gasteiger partial charge on any atom is -0.497 e.